The van der Waals surface area contributed by atoms with Crippen LogP contribution in [0.3, 0.4) is 0 Å². The Morgan fingerprint density at radius 1 is 1.14 bits per heavy atom. The van der Waals surface area contributed by atoms with Crippen molar-refractivity contribution in [1.82, 2.24) is 4.98 Å². The standard InChI is InChI=1S/C18H15NO2S/c1-12-17(14-7-3-2-4-8-14)19-16(22-12)11-13-6-5-9-15(10-13)18(20)21/h2-10H,11H2,1H3,(H,20,21). The monoisotopic (exact) mass is 309 g/mol. The van der Waals surface area contributed by atoms with Crippen LogP contribution in [-0.2, 0) is 6.42 Å². The van der Waals surface area contributed by atoms with E-state index in [0.717, 1.165) is 21.8 Å². The minimum absolute atomic E-state index is 0.314. The third kappa shape index (κ3) is 3.07. The van der Waals surface area contributed by atoms with Crippen molar-refractivity contribution in [3.05, 3.63) is 75.6 Å². The predicted octanol–water partition coefficient (Wildman–Crippen LogP) is 4.41. The summed E-state index contributed by atoms with van der Waals surface area (Å²) in [5, 5.41) is 10.1. The molecule has 110 valence electrons. The molecule has 0 fully saturated rings. The molecule has 0 spiro atoms. The molecule has 0 saturated heterocycles. The molecule has 2 aromatic carbocycles. The molecular formula is C18H15NO2S. The van der Waals surface area contributed by atoms with E-state index in [0.29, 0.717) is 12.0 Å². The van der Waals surface area contributed by atoms with Crippen molar-refractivity contribution in [1.29, 1.82) is 0 Å². The number of thiazole rings is 1. The molecule has 1 aromatic heterocycles. The number of hydrogen-bond acceptors (Lipinski definition) is 3. The smallest absolute Gasteiger partial charge is 0.335 e. The fourth-order valence-corrected chi connectivity index (χ4v) is 3.37. The summed E-state index contributed by atoms with van der Waals surface area (Å²) in [5.74, 6) is -0.901. The van der Waals surface area contributed by atoms with Gasteiger partial charge in [0.1, 0.15) is 0 Å². The van der Waals surface area contributed by atoms with Crippen LogP contribution in [0.25, 0.3) is 11.3 Å². The highest BCUT2D eigenvalue weighted by Gasteiger charge is 2.11. The van der Waals surface area contributed by atoms with Gasteiger partial charge in [0.2, 0.25) is 0 Å². The van der Waals surface area contributed by atoms with Crippen LogP contribution < -0.4 is 0 Å². The summed E-state index contributed by atoms with van der Waals surface area (Å²) in [4.78, 5) is 16.9. The number of rotatable bonds is 4. The average molecular weight is 309 g/mol. The van der Waals surface area contributed by atoms with Gasteiger partial charge in [0, 0.05) is 16.9 Å². The lowest BCUT2D eigenvalue weighted by Gasteiger charge is -2.00. The molecule has 3 aromatic rings. The maximum absolute atomic E-state index is 11.0. The molecule has 0 atom stereocenters. The molecule has 0 radical (unpaired) electrons. The van der Waals surface area contributed by atoms with Gasteiger partial charge in [-0.1, -0.05) is 42.5 Å². The second-order valence-electron chi connectivity index (χ2n) is 5.06. The third-order valence-electron chi connectivity index (χ3n) is 3.42. The summed E-state index contributed by atoms with van der Waals surface area (Å²) in [7, 11) is 0. The molecule has 0 aliphatic rings. The van der Waals surface area contributed by atoms with Gasteiger partial charge in [0.25, 0.3) is 0 Å². The first-order valence-corrected chi connectivity index (χ1v) is 7.79. The number of carboxylic acids is 1. The highest BCUT2D eigenvalue weighted by Crippen LogP contribution is 2.28. The largest absolute Gasteiger partial charge is 0.478 e. The van der Waals surface area contributed by atoms with Crippen molar-refractivity contribution >= 4 is 17.3 Å². The Hall–Kier alpha value is -2.46. The number of aryl methyl sites for hydroxylation is 1. The molecule has 0 amide bonds. The lowest BCUT2D eigenvalue weighted by atomic mass is 10.1. The summed E-state index contributed by atoms with van der Waals surface area (Å²) in [6.07, 6.45) is 0.652. The number of benzene rings is 2. The fourth-order valence-electron chi connectivity index (χ4n) is 2.38. The maximum atomic E-state index is 11.0. The van der Waals surface area contributed by atoms with Crippen LogP contribution in [0.4, 0.5) is 0 Å². The Kier molecular flexibility index (Phi) is 4.02. The lowest BCUT2D eigenvalue weighted by Crippen LogP contribution is -1.97. The quantitative estimate of drug-likeness (QED) is 0.776. The van der Waals surface area contributed by atoms with Crippen LogP contribution in [0.1, 0.15) is 25.8 Å². The van der Waals surface area contributed by atoms with Gasteiger partial charge in [0.05, 0.1) is 16.3 Å². The van der Waals surface area contributed by atoms with Gasteiger partial charge in [0.15, 0.2) is 0 Å². The third-order valence-corrected chi connectivity index (χ3v) is 4.39. The minimum Gasteiger partial charge on any atom is -0.478 e. The summed E-state index contributed by atoms with van der Waals surface area (Å²) in [6.45, 7) is 2.07. The Balaban J connectivity index is 1.88. The minimum atomic E-state index is -0.901. The van der Waals surface area contributed by atoms with E-state index in [9.17, 15) is 4.79 Å². The van der Waals surface area contributed by atoms with Gasteiger partial charge in [-0.25, -0.2) is 9.78 Å². The molecule has 4 heteroatoms. The van der Waals surface area contributed by atoms with Crippen molar-refractivity contribution in [3.8, 4) is 11.3 Å². The molecule has 3 rings (SSSR count). The second kappa shape index (κ2) is 6.12. The molecule has 22 heavy (non-hydrogen) atoms. The van der Waals surface area contributed by atoms with Crippen LogP contribution in [0.2, 0.25) is 0 Å². The Morgan fingerprint density at radius 3 is 2.64 bits per heavy atom. The van der Waals surface area contributed by atoms with Crippen LogP contribution in [0.15, 0.2) is 54.6 Å². The van der Waals surface area contributed by atoms with Crippen LogP contribution >= 0.6 is 11.3 Å². The molecule has 0 saturated carbocycles. The normalized spacial score (nSPS) is 10.6. The van der Waals surface area contributed by atoms with E-state index in [1.165, 1.54) is 4.88 Å². The van der Waals surface area contributed by atoms with Gasteiger partial charge in [-0.3, -0.25) is 0 Å². The molecule has 0 unspecified atom stereocenters. The van der Waals surface area contributed by atoms with E-state index in [2.05, 4.69) is 19.1 Å². The first-order chi connectivity index (χ1) is 10.6. The zero-order valence-electron chi connectivity index (χ0n) is 12.1. The van der Waals surface area contributed by atoms with Gasteiger partial charge < -0.3 is 5.11 Å². The zero-order valence-corrected chi connectivity index (χ0v) is 12.9. The maximum Gasteiger partial charge on any atom is 0.335 e. The highest BCUT2D eigenvalue weighted by molar-refractivity contribution is 7.12. The van der Waals surface area contributed by atoms with Crippen LogP contribution in [-0.4, -0.2) is 16.1 Å². The van der Waals surface area contributed by atoms with Crippen LogP contribution in [0.5, 0.6) is 0 Å². The van der Waals surface area contributed by atoms with Crippen molar-refractivity contribution in [2.75, 3.05) is 0 Å². The first-order valence-electron chi connectivity index (χ1n) is 6.97. The summed E-state index contributed by atoms with van der Waals surface area (Å²) >= 11 is 1.66. The van der Waals surface area contributed by atoms with Crippen molar-refractivity contribution in [2.24, 2.45) is 0 Å². The predicted molar refractivity (Wildman–Crippen MR) is 88.5 cm³/mol. The number of aromatic carboxylic acids is 1. The Morgan fingerprint density at radius 2 is 1.91 bits per heavy atom. The van der Waals surface area contributed by atoms with Gasteiger partial charge in [-0.05, 0) is 24.6 Å². The molecule has 0 aliphatic carbocycles. The molecule has 1 N–H and O–H groups in total. The van der Waals surface area contributed by atoms with Gasteiger partial charge in [-0.2, -0.15) is 0 Å². The second-order valence-corrected chi connectivity index (χ2v) is 6.35. The summed E-state index contributed by atoms with van der Waals surface area (Å²) in [6, 6.07) is 17.1. The van der Waals surface area contributed by atoms with Crippen LogP contribution in [0, 0.1) is 6.92 Å². The molecule has 1 heterocycles. The van der Waals surface area contributed by atoms with Gasteiger partial charge >= 0.3 is 5.97 Å². The van der Waals surface area contributed by atoms with Crippen molar-refractivity contribution in [3.63, 3.8) is 0 Å². The number of carboxylic acid groups (broad SMARTS) is 1. The van der Waals surface area contributed by atoms with Gasteiger partial charge in [-0.15, -0.1) is 11.3 Å². The topological polar surface area (TPSA) is 50.2 Å². The van der Waals surface area contributed by atoms with E-state index in [1.807, 2.05) is 24.3 Å². The molecular weight excluding hydrogens is 294 g/mol. The number of hydrogen-bond donors (Lipinski definition) is 1. The summed E-state index contributed by atoms with van der Waals surface area (Å²) in [5.41, 5.74) is 3.40. The summed E-state index contributed by atoms with van der Waals surface area (Å²) < 4.78 is 0. The zero-order chi connectivity index (χ0) is 15.5. The first kappa shape index (κ1) is 14.5. The molecule has 0 bridgehead atoms. The van der Waals surface area contributed by atoms with E-state index in [-0.39, 0.29) is 0 Å². The average Bonchev–Trinajstić information content (AvgIpc) is 2.89. The SMILES string of the molecule is Cc1sc(Cc2cccc(C(=O)O)c2)nc1-c1ccccc1. The number of carbonyl (C=O) groups is 1. The molecule has 0 aliphatic heterocycles. The Bertz CT molecular complexity index is 809. The van der Waals surface area contributed by atoms with Crippen molar-refractivity contribution in [2.45, 2.75) is 13.3 Å². The van der Waals surface area contributed by atoms with E-state index >= 15 is 0 Å². The van der Waals surface area contributed by atoms with E-state index in [1.54, 1.807) is 29.5 Å². The highest BCUT2D eigenvalue weighted by atomic mass is 32.1. The van der Waals surface area contributed by atoms with Crippen molar-refractivity contribution < 1.29 is 9.90 Å². The van der Waals surface area contributed by atoms with E-state index < -0.39 is 5.97 Å². The lowest BCUT2D eigenvalue weighted by molar-refractivity contribution is 0.0697. The number of nitrogens with zero attached hydrogens (tertiary/aromatic N) is 1. The fraction of sp³-hybridized carbons (Fsp3) is 0.111. The Labute approximate surface area is 132 Å². The molecule has 3 nitrogen and oxygen atoms in total. The number of aromatic nitrogens is 1. The van der Waals surface area contributed by atoms with E-state index in [4.69, 9.17) is 10.1 Å².